The lowest BCUT2D eigenvalue weighted by Gasteiger charge is -2.44. The van der Waals surface area contributed by atoms with Crippen molar-refractivity contribution in [2.45, 2.75) is 6.42 Å². The largest absolute Gasteiger partial charge is 0.196 e. The van der Waals surface area contributed by atoms with Crippen molar-refractivity contribution in [2.24, 2.45) is 22.7 Å². The molecule has 1 aromatic carbocycles. The van der Waals surface area contributed by atoms with Crippen molar-refractivity contribution in [1.29, 1.82) is 21.0 Å². The fourth-order valence-electron chi connectivity index (χ4n) is 3.72. The van der Waals surface area contributed by atoms with E-state index in [4.69, 9.17) is 0 Å². The lowest BCUT2D eigenvalue weighted by atomic mass is 9.50. The number of hydrogen-bond acceptors (Lipinski definition) is 4. The van der Waals surface area contributed by atoms with Crippen LogP contribution in [0.1, 0.15) is 12.0 Å². The highest BCUT2D eigenvalue weighted by Gasteiger charge is 2.64. The van der Waals surface area contributed by atoms with Gasteiger partial charge in [-0.15, -0.1) is 0 Å². The van der Waals surface area contributed by atoms with Crippen LogP contribution in [0.15, 0.2) is 60.2 Å². The summed E-state index contributed by atoms with van der Waals surface area (Å²) in [4.78, 5) is 0. The van der Waals surface area contributed by atoms with E-state index in [0.717, 1.165) is 11.1 Å². The molecule has 0 amide bonds. The summed E-state index contributed by atoms with van der Waals surface area (Å²) in [6.45, 7) is 0. The van der Waals surface area contributed by atoms with Gasteiger partial charge in [0.1, 0.15) is 0 Å². The second kappa shape index (κ2) is 6.13. The van der Waals surface area contributed by atoms with Gasteiger partial charge >= 0.3 is 0 Å². The van der Waals surface area contributed by atoms with Crippen LogP contribution in [0.3, 0.4) is 0 Å². The summed E-state index contributed by atoms with van der Waals surface area (Å²) >= 11 is 0. The first-order valence-corrected chi connectivity index (χ1v) is 7.93. The number of nitrogens with zero attached hydrogens (tertiary/aromatic N) is 4. The highest BCUT2D eigenvalue weighted by molar-refractivity contribution is 5.58. The van der Waals surface area contributed by atoms with E-state index in [0.29, 0.717) is 6.42 Å². The summed E-state index contributed by atoms with van der Waals surface area (Å²) in [6.07, 6.45) is 9.77. The standard InChI is InChI=1S/C21H14N4/c22-12-20(13-23)18-8-4-7-17(11-16-5-2-1-3-6-16)19(10-9-18)21(20,14-24)15-25/h1-6,8-11,18-19H,7H2/b8-4-,17-11+/t18-,19-/m0/s1. The van der Waals surface area contributed by atoms with Crippen LogP contribution >= 0.6 is 0 Å². The molecule has 4 nitrogen and oxygen atoms in total. The van der Waals surface area contributed by atoms with Crippen LogP contribution < -0.4 is 0 Å². The number of hydrogen-bond donors (Lipinski definition) is 0. The molecule has 0 spiro atoms. The number of rotatable bonds is 1. The molecule has 0 aliphatic heterocycles. The number of nitriles is 4. The van der Waals surface area contributed by atoms with Gasteiger partial charge in [-0.05, 0) is 12.0 Å². The molecule has 0 unspecified atom stereocenters. The molecule has 0 radical (unpaired) electrons. The second-order valence-corrected chi connectivity index (χ2v) is 6.21. The first-order chi connectivity index (χ1) is 12.2. The second-order valence-electron chi connectivity index (χ2n) is 6.21. The van der Waals surface area contributed by atoms with Crippen LogP contribution in [0, 0.1) is 68.0 Å². The van der Waals surface area contributed by atoms with Gasteiger partial charge in [-0.3, -0.25) is 0 Å². The van der Waals surface area contributed by atoms with Crippen molar-refractivity contribution in [2.75, 3.05) is 0 Å². The molecule has 2 bridgehead atoms. The quantitative estimate of drug-likeness (QED) is 0.732. The topological polar surface area (TPSA) is 95.2 Å². The maximum Gasteiger partial charge on any atom is 0.186 e. The third-order valence-corrected chi connectivity index (χ3v) is 5.05. The molecule has 3 aliphatic rings. The average Bonchev–Trinajstić information content (AvgIpc) is 2.65. The van der Waals surface area contributed by atoms with Gasteiger partial charge in [-0.2, -0.15) is 21.0 Å². The van der Waals surface area contributed by atoms with Crippen molar-refractivity contribution >= 4 is 6.08 Å². The first kappa shape index (κ1) is 16.3. The van der Waals surface area contributed by atoms with E-state index in [9.17, 15) is 21.0 Å². The molecule has 0 N–H and O–H groups in total. The normalized spacial score (nSPS) is 27.8. The highest BCUT2D eigenvalue weighted by Crippen LogP contribution is 2.57. The first-order valence-electron chi connectivity index (χ1n) is 7.93. The van der Waals surface area contributed by atoms with Crippen molar-refractivity contribution in [3.8, 4) is 24.3 Å². The molecule has 4 rings (SSSR count). The van der Waals surface area contributed by atoms with Gasteiger partial charge in [-0.1, -0.05) is 66.3 Å². The zero-order chi connectivity index (χ0) is 17.9. The molecule has 2 atom stereocenters. The molecular weight excluding hydrogens is 308 g/mol. The highest BCUT2D eigenvalue weighted by atomic mass is 14.6. The smallest absolute Gasteiger partial charge is 0.186 e. The number of allylic oxidation sites excluding steroid dienone is 5. The Morgan fingerprint density at radius 3 is 2.08 bits per heavy atom. The molecule has 0 saturated heterocycles. The van der Waals surface area contributed by atoms with E-state index in [1.165, 1.54) is 0 Å². The van der Waals surface area contributed by atoms with Gasteiger partial charge in [0.25, 0.3) is 0 Å². The Morgan fingerprint density at radius 1 is 0.840 bits per heavy atom. The minimum absolute atomic E-state index is 0.568. The fourth-order valence-corrected chi connectivity index (χ4v) is 3.72. The Bertz CT molecular complexity index is 911. The molecule has 118 valence electrons. The summed E-state index contributed by atoms with van der Waals surface area (Å²) in [5, 5.41) is 39.4. The average molecular weight is 322 g/mol. The summed E-state index contributed by atoms with van der Waals surface area (Å²) in [5.74, 6) is -1.18. The molecule has 0 fully saturated rings. The molecule has 0 saturated carbocycles. The van der Waals surface area contributed by atoms with Crippen LogP contribution in [0.5, 0.6) is 0 Å². The molecule has 0 aromatic heterocycles. The van der Waals surface area contributed by atoms with Gasteiger partial charge in [0.05, 0.1) is 24.3 Å². The van der Waals surface area contributed by atoms with Crippen molar-refractivity contribution in [3.63, 3.8) is 0 Å². The summed E-state index contributed by atoms with van der Waals surface area (Å²) in [7, 11) is 0. The Labute approximate surface area is 146 Å². The third-order valence-electron chi connectivity index (χ3n) is 5.05. The Morgan fingerprint density at radius 2 is 1.48 bits per heavy atom. The SMILES string of the molecule is N#CC1(C#N)[C@@H]2C=C[C@@H](/C(=C/c3ccccc3)C/C=C\2)C1(C#N)C#N. The molecule has 1 aromatic rings. The monoisotopic (exact) mass is 322 g/mol. The predicted octanol–water partition coefficient (Wildman–Crippen LogP) is 3.90. The summed E-state index contributed by atoms with van der Waals surface area (Å²) in [5.41, 5.74) is -1.69. The summed E-state index contributed by atoms with van der Waals surface area (Å²) < 4.78 is 0. The third kappa shape index (κ3) is 2.17. The molecule has 25 heavy (non-hydrogen) atoms. The predicted molar refractivity (Wildman–Crippen MR) is 91.6 cm³/mol. The van der Waals surface area contributed by atoms with Crippen molar-refractivity contribution in [3.05, 3.63) is 65.8 Å². The maximum atomic E-state index is 9.90. The minimum Gasteiger partial charge on any atom is -0.196 e. The minimum atomic E-state index is -1.75. The zero-order valence-electron chi connectivity index (χ0n) is 13.4. The zero-order valence-corrected chi connectivity index (χ0v) is 13.4. The van der Waals surface area contributed by atoms with Crippen LogP contribution in [0.4, 0.5) is 0 Å². The Balaban J connectivity index is 2.28. The summed E-state index contributed by atoms with van der Waals surface area (Å²) in [6, 6.07) is 17.7. The maximum absolute atomic E-state index is 9.90. The van der Waals surface area contributed by atoms with E-state index < -0.39 is 22.7 Å². The van der Waals surface area contributed by atoms with Crippen LogP contribution in [-0.4, -0.2) is 0 Å². The van der Waals surface area contributed by atoms with Gasteiger partial charge in [0.15, 0.2) is 10.8 Å². The van der Waals surface area contributed by atoms with Gasteiger partial charge in [-0.25, -0.2) is 0 Å². The van der Waals surface area contributed by atoms with Crippen LogP contribution in [0.2, 0.25) is 0 Å². The van der Waals surface area contributed by atoms with Gasteiger partial charge in [0.2, 0.25) is 0 Å². The van der Waals surface area contributed by atoms with Crippen LogP contribution in [-0.2, 0) is 0 Å². The number of benzene rings is 1. The fraction of sp³-hybridized carbons (Fsp3) is 0.238. The lowest BCUT2D eigenvalue weighted by molar-refractivity contribution is 0.193. The Hall–Kier alpha value is -3.60. The molecule has 4 heteroatoms. The van der Waals surface area contributed by atoms with E-state index in [2.05, 4.69) is 0 Å². The molecule has 0 heterocycles. The molecule has 3 aliphatic carbocycles. The van der Waals surface area contributed by atoms with E-state index in [-0.39, 0.29) is 0 Å². The molecular formula is C21H14N4. The van der Waals surface area contributed by atoms with Crippen molar-refractivity contribution in [1.82, 2.24) is 0 Å². The lowest BCUT2D eigenvalue weighted by Crippen LogP contribution is -2.50. The van der Waals surface area contributed by atoms with Gasteiger partial charge < -0.3 is 0 Å². The van der Waals surface area contributed by atoms with Gasteiger partial charge in [0, 0.05) is 11.8 Å². The van der Waals surface area contributed by atoms with E-state index >= 15 is 0 Å². The van der Waals surface area contributed by atoms with Crippen molar-refractivity contribution < 1.29 is 0 Å². The van der Waals surface area contributed by atoms with Crippen LogP contribution in [0.25, 0.3) is 6.08 Å². The Kier molecular flexibility index (Phi) is 3.99. The van der Waals surface area contributed by atoms with E-state index in [1.54, 1.807) is 12.2 Å². The van der Waals surface area contributed by atoms with E-state index in [1.807, 2.05) is 72.8 Å². The number of fused-ring (bicyclic) bond motifs is 3.